The predicted molar refractivity (Wildman–Crippen MR) is 66.9 cm³/mol. The number of hydrogen-bond acceptors (Lipinski definition) is 4. The van der Waals surface area contributed by atoms with Crippen LogP contribution in [0.4, 0.5) is 5.82 Å². The van der Waals surface area contributed by atoms with Gasteiger partial charge in [-0.05, 0) is 18.6 Å². The Hall–Kier alpha value is -1.97. The maximum atomic E-state index is 5.80. The molecular weight excluding hydrogens is 216 g/mol. The summed E-state index contributed by atoms with van der Waals surface area (Å²) >= 11 is 0. The molecule has 1 heterocycles. The largest absolute Gasteiger partial charge is 0.497 e. The van der Waals surface area contributed by atoms with E-state index in [1.807, 2.05) is 24.3 Å². The minimum atomic E-state index is 0.477. The quantitative estimate of drug-likeness (QED) is 0.880. The lowest BCUT2D eigenvalue weighted by Crippen LogP contribution is -1.92. The van der Waals surface area contributed by atoms with Gasteiger partial charge in [0.1, 0.15) is 5.75 Å². The summed E-state index contributed by atoms with van der Waals surface area (Å²) in [6.07, 6.45) is 1.87. The molecule has 90 valence electrons. The Morgan fingerprint density at radius 3 is 2.94 bits per heavy atom. The second-order valence-corrected chi connectivity index (χ2v) is 3.86. The van der Waals surface area contributed by atoms with Gasteiger partial charge in [-0.3, -0.25) is 0 Å². The van der Waals surface area contributed by atoms with Crippen molar-refractivity contribution in [2.45, 2.75) is 19.8 Å². The Bertz CT molecular complexity index is 506. The SMILES string of the molecule is CCCc1c(N)noc1-c1cccc(OC)c1. The first kappa shape index (κ1) is 11.5. The molecule has 4 nitrogen and oxygen atoms in total. The predicted octanol–water partition coefficient (Wildman–Crippen LogP) is 2.88. The van der Waals surface area contributed by atoms with Gasteiger partial charge >= 0.3 is 0 Å². The molecule has 1 aromatic heterocycles. The summed E-state index contributed by atoms with van der Waals surface area (Å²) < 4.78 is 10.5. The van der Waals surface area contributed by atoms with E-state index in [9.17, 15) is 0 Å². The van der Waals surface area contributed by atoms with Crippen molar-refractivity contribution in [3.63, 3.8) is 0 Å². The molecule has 0 atom stereocenters. The third-order valence-electron chi connectivity index (χ3n) is 2.65. The molecule has 0 aliphatic rings. The van der Waals surface area contributed by atoms with Gasteiger partial charge in [-0.1, -0.05) is 30.6 Å². The lowest BCUT2D eigenvalue weighted by Gasteiger charge is -2.03. The van der Waals surface area contributed by atoms with Gasteiger partial charge in [0, 0.05) is 11.1 Å². The summed E-state index contributed by atoms with van der Waals surface area (Å²) in [5.41, 5.74) is 7.71. The Balaban J connectivity index is 2.44. The third-order valence-corrected chi connectivity index (χ3v) is 2.65. The van der Waals surface area contributed by atoms with E-state index in [-0.39, 0.29) is 0 Å². The van der Waals surface area contributed by atoms with Crippen LogP contribution >= 0.6 is 0 Å². The molecule has 0 saturated heterocycles. The average Bonchev–Trinajstić information content (AvgIpc) is 2.72. The topological polar surface area (TPSA) is 61.3 Å². The van der Waals surface area contributed by atoms with Gasteiger partial charge in [-0.2, -0.15) is 0 Å². The van der Waals surface area contributed by atoms with E-state index >= 15 is 0 Å². The molecule has 0 radical (unpaired) electrons. The van der Waals surface area contributed by atoms with Gasteiger partial charge in [0.2, 0.25) is 0 Å². The van der Waals surface area contributed by atoms with Crippen molar-refractivity contribution >= 4 is 5.82 Å². The molecule has 0 spiro atoms. The van der Waals surface area contributed by atoms with E-state index in [2.05, 4.69) is 12.1 Å². The van der Waals surface area contributed by atoms with Crippen LogP contribution in [0, 0.1) is 0 Å². The highest BCUT2D eigenvalue weighted by Gasteiger charge is 2.15. The molecule has 0 fully saturated rings. The van der Waals surface area contributed by atoms with Gasteiger partial charge in [-0.15, -0.1) is 0 Å². The minimum Gasteiger partial charge on any atom is -0.497 e. The van der Waals surface area contributed by atoms with Crippen LogP contribution in [0.15, 0.2) is 28.8 Å². The van der Waals surface area contributed by atoms with Gasteiger partial charge < -0.3 is 15.0 Å². The van der Waals surface area contributed by atoms with E-state index in [1.165, 1.54) is 0 Å². The number of nitrogens with zero attached hydrogens (tertiary/aromatic N) is 1. The molecule has 4 heteroatoms. The molecule has 0 amide bonds. The highest BCUT2D eigenvalue weighted by Crippen LogP contribution is 2.30. The molecule has 17 heavy (non-hydrogen) atoms. The van der Waals surface area contributed by atoms with Gasteiger partial charge in [0.25, 0.3) is 0 Å². The summed E-state index contributed by atoms with van der Waals surface area (Å²) in [5, 5.41) is 3.83. The van der Waals surface area contributed by atoms with Crippen LogP contribution in [0.5, 0.6) is 5.75 Å². The summed E-state index contributed by atoms with van der Waals surface area (Å²) in [6.45, 7) is 2.10. The highest BCUT2D eigenvalue weighted by atomic mass is 16.5. The van der Waals surface area contributed by atoms with Crippen molar-refractivity contribution < 1.29 is 9.26 Å². The minimum absolute atomic E-state index is 0.477. The van der Waals surface area contributed by atoms with Crippen molar-refractivity contribution in [3.05, 3.63) is 29.8 Å². The zero-order chi connectivity index (χ0) is 12.3. The number of aromatic nitrogens is 1. The number of benzene rings is 1. The van der Waals surface area contributed by atoms with Crippen LogP contribution in [-0.2, 0) is 6.42 Å². The summed E-state index contributed by atoms with van der Waals surface area (Å²) in [7, 11) is 1.64. The van der Waals surface area contributed by atoms with Gasteiger partial charge in [0.05, 0.1) is 7.11 Å². The summed E-state index contributed by atoms with van der Waals surface area (Å²) in [6, 6.07) is 7.69. The normalized spacial score (nSPS) is 10.5. The van der Waals surface area contributed by atoms with E-state index in [1.54, 1.807) is 7.11 Å². The molecule has 0 saturated carbocycles. The van der Waals surface area contributed by atoms with Crippen LogP contribution < -0.4 is 10.5 Å². The van der Waals surface area contributed by atoms with Crippen LogP contribution in [0.3, 0.4) is 0 Å². The molecule has 1 aromatic carbocycles. The number of nitrogen functional groups attached to an aromatic ring is 1. The lowest BCUT2D eigenvalue weighted by atomic mass is 10.0. The smallest absolute Gasteiger partial charge is 0.172 e. The van der Waals surface area contributed by atoms with Gasteiger partial charge in [0.15, 0.2) is 11.6 Å². The Morgan fingerprint density at radius 2 is 2.24 bits per heavy atom. The van der Waals surface area contributed by atoms with Crippen molar-refractivity contribution in [2.75, 3.05) is 12.8 Å². The molecule has 0 unspecified atom stereocenters. The molecule has 2 rings (SSSR count). The maximum Gasteiger partial charge on any atom is 0.172 e. The van der Waals surface area contributed by atoms with Crippen LogP contribution in [0.2, 0.25) is 0 Å². The molecule has 2 aromatic rings. The van der Waals surface area contributed by atoms with E-state index < -0.39 is 0 Å². The van der Waals surface area contributed by atoms with Crippen molar-refractivity contribution in [2.24, 2.45) is 0 Å². The summed E-state index contributed by atoms with van der Waals surface area (Å²) in [4.78, 5) is 0. The van der Waals surface area contributed by atoms with Crippen LogP contribution in [0.1, 0.15) is 18.9 Å². The van der Waals surface area contributed by atoms with Crippen molar-refractivity contribution in [1.82, 2.24) is 5.16 Å². The third kappa shape index (κ3) is 2.25. The molecule has 0 aliphatic heterocycles. The maximum absolute atomic E-state index is 5.80. The first-order valence-electron chi connectivity index (χ1n) is 5.64. The van der Waals surface area contributed by atoms with Gasteiger partial charge in [-0.25, -0.2) is 0 Å². The number of ether oxygens (including phenoxy) is 1. The molecule has 0 aliphatic carbocycles. The number of methoxy groups -OCH3 is 1. The summed E-state index contributed by atoms with van der Waals surface area (Å²) in [5.74, 6) is 2.01. The zero-order valence-electron chi connectivity index (χ0n) is 10.1. The van der Waals surface area contributed by atoms with Crippen LogP contribution in [0.25, 0.3) is 11.3 Å². The van der Waals surface area contributed by atoms with Crippen molar-refractivity contribution in [1.29, 1.82) is 0 Å². The first-order chi connectivity index (χ1) is 8.26. The Kier molecular flexibility index (Phi) is 3.32. The molecule has 2 N–H and O–H groups in total. The zero-order valence-corrected chi connectivity index (χ0v) is 10.1. The highest BCUT2D eigenvalue weighted by molar-refractivity contribution is 5.67. The second-order valence-electron chi connectivity index (χ2n) is 3.86. The Morgan fingerprint density at radius 1 is 1.41 bits per heavy atom. The van der Waals surface area contributed by atoms with E-state index in [4.69, 9.17) is 15.0 Å². The fourth-order valence-corrected chi connectivity index (χ4v) is 1.80. The first-order valence-corrected chi connectivity index (χ1v) is 5.64. The van der Waals surface area contributed by atoms with E-state index in [0.717, 1.165) is 35.5 Å². The number of hydrogen-bond donors (Lipinski definition) is 1. The molecular formula is C13H16N2O2. The number of anilines is 1. The number of rotatable bonds is 4. The second kappa shape index (κ2) is 4.91. The standard InChI is InChI=1S/C13H16N2O2/c1-3-5-11-12(17-15-13(11)14)9-6-4-7-10(8-9)16-2/h4,6-8H,3,5H2,1-2H3,(H2,14,15). The average molecular weight is 232 g/mol. The fraction of sp³-hybridized carbons (Fsp3) is 0.308. The number of nitrogens with two attached hydrogens (primary N) is 1. The fourth-order valence-electron chi connectivity index (χ4n) is 1.80. The van der Waals surface area contributed by atoms with E-state index in [0.29, 0.717) is 5.82 Å². The lowest BCUT2D eigenvalue weighted by molar-refractivity contribution is 0.413. The van der Waals surface area contributed by atoms with Crippen molar-refractivity contribution in [3.8, 4) is 17.1 Å². The molecule has 0 bridgehead atoms. The monoisotopic (exact) mass is 232 g/mol. The van der Waals surface area contributed by atoms with Crippen LogP contribution in [-0.4, -0.2) is 12.3 Å². The Labute approximate surface area is 100 Å².